The zero-order chi connectivity index (χ0) is 10.8. The molecule has 1 amide bonds. The standard InChI is InChI=1S/C10H11NO3S/c12-8-4-1-5-11(8)9(10(13)14)7-3-2-6-15-7/h2-3,6,9H,1,4-5H2,(H,13,14). The molecule has 1 N–H and O–H groups in total. The van der Waals surface area contributed by atoms with Crippen LogP contribution in [-0.2, 0) is 9.59 Å². The van der Waals surface area contributed by atoms with Crippen LogP contribution >= 0.6 is 11.3 Å². The second kappa shape index (κ2) is 4.02. The van der Waals surface area contributed by atoms with E-state index in [1.807, 2.05) is 5.38 Å². The fraction of sp³-hybridized carbons (Fsp3) is 0.400. The Hall–Kier alpha value is -1.36. The Balaban J connectivity index is 2.28. The van der Waals surface area contributed by atoms with Crippen molar-refractivity contribution in [1.82, 2.24) is 4.90 Å². The third-order valence-electron chi connectivity index (χ3n) is 2.47. The highest BCUT2D eigenvalue weighted by molar-refractivity contribution is 7.10. The summed E-state index contributed by atoms with van der Waals surface area (Å²) in [6.07, 6.45) is 1.23. The number of carbonyl (C=O) groups is 2. The second-order valence-electron chi connectivity index (χ2n) is 3.45. The molecule has 1 aromatic heterocycles. The van der Waals surface area contributed by atoms with E-state index in [1.54, 1.807) is 12.1 Å². The summed E-state index contributed by atoms with van der Waals surface area (Å²) in [7, 11) is 0. The van der Waals surface area contributed by atoms with E-state index in [9.17, 15) is 9.59 Å². The van der Waals surface area contributed by atoms with E-state index in [2.05, 4.69) is 0 Å². The molecule has 0 spiro atoms. The number of likely N-dealkylation sites (tertiary alicyclic amines) is 1. The number of hydrogen-bond acceptors (Lipinski definition) is 3. The molecule has 1 atom stereocenters. The molecule has 0 aromatic carbocycles. The number of rotatable bonds is 3. The van der Waals surface area contributed by atoms with Gasteiger partial charge in [-0.25, -0.2) is 4.79 Å². The molecule has 0 radical (unpaired) electrons. The second-order valence-corrected chi connectivity index (χ2v) is 4.43. The summed E-state index contributed by atoms with van der Waals surface area (Å²) >= 11 is 1.37. The van der Waals surface area contributed by atoms with Gasteiger partial charge < -0.3 is 10.0 Å². The van der Waals surface area contributed by atoms with Crippen molar-refractivity contribution >= 4 is 23.2 Å². The normalized spacial score (nSPS) is 18.1. The molecule has 1 fully saturated rings. The van der Waals surface area contributed by atoms with Crippen LogP contribution in [0.5, 0.6) is 0 Å². The van der Waals surface area contributed by atoms with Gasteiger partial charge in [0.05, 0.1) is 0 Å². The molecule has 1 aromatic rings. The first-order valence-corrected chi connectivity index (χ1v) is 5.64. The van der Waals surface area contributed by atoms with Gasteiger partial charge in [0.15, 0.2) is 6.04 Å². The van der Waals surface area contributed by atoms with Gasteiger partial charge in [-0.05, 0) is 17.9 Å². The van der Waals surface area contributed by atoms with Crippen LogP contribution in [0.2, 0.25) is 0 Å². The quantitative estimate of drug-likeness (QED) is 0.848. The summed E-state index contributed by atoms with van der Waals surface area (Å²) in [5.74, 6) is -1.01. The Morgan fingerprint density at radius 2 is 2.40 bits per heavy atom. The van der Waals surface area contributed by atoms with E-state index in [1.165, 1.54) is 16.2 Å². The van der Waals surface area contributed by atoms with Crippen molar-refractivity contribution < 1.29 is 14.7 Å². The van der Waals surface area contributed by atoms with E-state index in [4.69, 9.17) is 5.11 Å². The fourth-order valence-corrected chi connectivity index (χ4v) is 2.63. The average Bonchev–Trinajstić information content (AvgIpc) is 2.79. The fourth-order valence-electron chi connectivity index (χ4n) is 1.80. The number of carboxylic acids is 1. The molecule has 4 nitrogen and oxygen atoms in total. The third kappa shape index (κ3) is 1.87. The molecule has 0 bridgehead atoms. The minimum absolute atomic E-state index is 0.0594. The van der Waals surface area contributed by atoms with Crippen LogP contribution in [0.4, 0.5) is 0 Å². The van der Waals surface area contributed by atoms with Gasteiger partial charge in [-0.15, -0.1) is 11.3 Å². The first-order chi connectivity index (χ1) is 7.20. The maximum atomic E-state index is 11.5. The van der Waals surface area contributed by atoms with Crippen molar-refractivity contribution in [2.75, 3.05) is 6.54 Å². The SMILES string of the molecule is O=C(O)C(c1cccs1)N1CCCC1=O. The van der Waals surface area contributed by atoms with Gasteiger partial charge in [-0.3, -0.25) is 4.79 Å². The van der Waals surface area contributed by atoms with E-state index in [0.29, 0.717) is 13.0 Å². The lowest BCUT2D eigenvalue weighted by atomic mass is 10.2. The summed E-state index contributed by atoms with van der Waals surface area (Å²) in [5.41, 5.74) is 0. The average molecular weight is 225 g/mol. The molecule has 2 rings (SSSR count). The summed E-state index contributed by atoms with van der Waals surface area (Å²) in [4.78, 5) is 24.8. The molecule has 0 aliphatic carbocycles. The number of nitrogens with zero attached hydrogens (tertiary/aromatic N) is 1. The Bertz CT molecular complexity index is 374. The summed E-state index contributed by atoms with van der Waals surface area (Å²) in [6, 6.07) is 2.77. The largest absolute Gasteiger partial charge is 0.479 e. The molecule has 15 heavy (non-hydrogen) atoms. The monoisotopic (exact) mass is 225 g/mol. The van der Waals surface area contributed by atoms with Crippen LogP contribution in [0.15, 0.2) is 17.5 Å². The van der Waals surface area contributed by atoms with Crippen LogP contribution in [0.1, 0.15) is 23.8 Å². The molecule has 1 aliphatic heterocycles. The van der Waals surface area contributed by atoms with Crippen molar-refractivity contribution in [3.8, 4) is 0 Å². The van der Waals surface area contributed by atoms with E-state index < -0.39 is 12.0 Å². The highest BCUT2D eigenvalue weighted by Gasteiger charge is 2.34. The van der Waals surface area contributed by atoms with Gasteiger partial charge in [0.2, 0.25) is 5.91 Å². The van der Waals surface area contributed by atoms with E-state index in [-0.39, 0.29) is 5.91 Å². The van der Waals surface area contributed by atoms with Crippen molar-refractivity contribution in [2.45, 2.75) is 18.9 Å². The zero-order valence-corrected chi connectivity index (χ0v) is 8.87. The lowest BCUT2D eigenvalue weighted by Crippen LogP contribution is -2.34. The van der Waals surface area contributed by atoms with Gasteiger partial charge in [0, 0.05) is 17.8 Å². The Kier molecular flexibility index (Phi) is 2.73. The molecule has 5 heteroatoms. The molecule has 1 unspecified atom stereocenters. The maximum absolute atomic E-state index is 11.5. The van der Waals surface area contributed by atoms with Crippen LogP contribution in [0.25, 0.3) is 0 Å². The Labute approximate surface area is 91.1 Å². The van der Waals surface area contributed by atoms with Crippen LogP contribution < -0.4 is 0 Å². The van der Waals surface area contributed by atoms with Crippen LogP contribution in [0, 0.1) is 0 Å². The molecule has 80 valence electrons. The zero-order valence-electron chi connectivity index (χ0n) is 8.05. The highest BCUT2D eigenvalue weighted by atomic mass is 32.1. The number of carbonyl (C=O) groups excluding carboxylic acids is 1. The summed E-state index contributed by atoms with van der Waals surface area (Å²) < 4.78 is 0. The predicted octanol–water partition coefficient (Wildman–Crippen LogP) is 1.50. The number of aliphatic carboxylic acids is 1. The van der Waals surface area contributed by atoms with Crippen molar-refractivity contribution in [3.05, 3.63) is 22.4 Å². The van der Waals surface area contributed by atoms with E-state index in [0.717, 1.165) is 11.3 Å². The smallest absolute Gasteiger partial charge is 0.331 e. The highest BCUT2D eigenvalue weighted by Crippen LogP contribution is 2.29. The van der Waals surface area contributed by atoms with Gasteiger partial charge in [-0.1, -0.05) is 6.07 Å². The number of amides is 1. The molecule has 1 saturated heterocycles. The van der Waals surface area contributed by atoms with Crippen LogP contribution in [0.3, 0.4) is 0 Å². The third-order valence-corrected chi connectivity index (χ3v) is 3.39. The van der Waals surface area contributed by atoms with Crippen molar-refractivity contribution in [3.63, 3.8) is 0 Å². The minimum Gasteiger partial charge on any atom is -0.479 e. The maximum Gasteiger partial charge on any atom is 0.331 e. The first-order valence-electron chi connectivity index (χ1n) is 4.76. The van der Waals surface area contributed by atoms with Gasteiger partial charge in [0.25, 0.3) is 0 Å². The predicted molar refractivity (Wildman–Crippen MR) is 55.6 cm³/mol. The van der Waals surface area contributed by atoms with Crippen molar-refractivity contribution in [1.29, 1.82) is 0 Å². The lowest BCUT2D eigenvalue weighted by Gasteiger charge is -2.22. The Morgan fingerprint density at radius 3 is 2.87 bits per heavy atom. The first kappa shape index (κ1) is 10.2. The molecule has 2 heterocycles. The van der Waals surface area contributed by atoms with Gasteiger partial charge in [-0.2, -0.15) is 0 Å². The topological polar surface area (TPSA) is 57.6 Å². The molecule has 0 saturated carbocycles. The van der Waals surface area contributed by atoms with Crippen LogP contribution in [-0.4, -0.2) is 28.4 Å². The Morgan fingerprint density at radius 1 is 1.60 bits per heavy atom. The number of carboxylic acid groups (broad SMARTS) is 1. The molecular weight excluding hydrogens is 214 g/mol. The lowest BCUT2D eigenvalue weighted by molar-refractivity contribution is -0.148. The van der Waals surface area contributed by atoms with Crippen molar-refractivity contribution in [2.24, 2.45) is 0 Å². The summed E-state index contributed by atoms with van der Waals surface area (Å²) in [6.45, 7) is 0.549. The summed E-state index contributed by atoms with van der Waals surface area (Å²) in [5, 5.41) is 11.0. The number of thiophene rings is 1. The minimum atomic E-state index is -0.951. The van der Waals surface area contributed by atoms with Gasteiger partial charge in [0.1, 0.15) is 0 Å². The van der Waals surface area contributed by atoms with E-state index >= 15 is 0 Å². The molecule has 1 aliphatic rings. The number of hydrogen-bond donors (Lipinski definition) is 1. The molecular formula is C10H11NO3S. The van der Waals surface area contributed by atoms with Gasteiger partial charge >= 0.3 is 5.97 Å².